The van der Waals surface area contributed by atoms with Gasteiger partial charge in [-0.3, -0.25) is 14.6 Å². The normalized spacial score (nSPS) is 12.1. The number of nitrogens with one attached hydrogen (secondary N) is 1. The third-order valence-corrected chi connectivity index (χ3v) is 2.61. The predicted molar refractivity (Wildman–Crippen MR) is 66.3 cm³/mol. The molecule has 5 heteroatoms. The molecule has 2 rings (SSSR count). The van der Waals surface area contributed by atoms with Crippen LogP contribution in [0.4, 0.5) is 0 Å². The smallest absolute Gasteiger partial charge is 0.325 e. The SMILES string of the molecule is C[C@H](NC(=O)c1ccnc2ccccc12)C(=O)O. The van der Waals surface area contributed by atoms with Crippen LogP contribution >= 0.6 is 0 Å². The van der Waals surface area contributed by atoms with Crippen LogP contribution in [0.1, 0.15) is 17.3 Å². The van der Waals surface area contributed by atoms with E-state index in [1.807, 2.05) is 6.07 Å². The molecule has 0 unspecified atom stereocenters. The molecule has 0 bridgehead atoms. The average molecular weight is 244 g/mol. The van der Waals surface area contributed by atoms with Crippen molar-refractivity contribution in [3.05, 3.63) is 42.1 Å². The van der Waals surface area contributed by atoms with E-state index in [9.17, 15) is 9.59 Å². The topological polar surface area (TPSA) is 79.3 Å². The number of rotatable bonds is 3. The second kappa shape index (κ2) is 4.83. The standard InChI is InChI=1S/C13H12N2O3/c1-8(13(17)18)15-12(16)10-6-7-14-11-5-3-2-4-9(10)11/h2-8H,1H3,(H,15,16)(H,17,18)/t8-/m0/s1. The largest absolute Gasteiger partial charge is 0.480 e. The van der Waals surface area contributed by atoms with Gasteiger partial charge in [-0.15, -0.1) is 0 Å². The van der Waals surface area contributed by atoms with Crippen molar-refractivity contribution in [1.82, 2.24) is 10.3 Å². The first-order valence-electron chi connectivity index (χ1n) is 5.47. The molecule has 18 heavy (non-hydrogen) atoms. The van der Waals surface area contributed by atoms with Crippen molar-refractivity contribution in [3.63, 3.8) is 0 Å². The van der Waals surface area contributed by atoms with Gasteiger partial charge in [0.2, 0.25) is 0 Å². The molecule has 2 aromatic rings. The summed E-state index contributed by atoms with van der Waals surface area (Å²) in [5, 5.41) is 11.9. The van der Waals surface area contributed by atoms with Gasteiger partial charge in [0.05, 0.1) is 11.1 Å². The van der Waals surface area contributed by atoms with E-state index in [0.29, 0.717) is 16.5 Å². The summed E-state index contributed by atoms with van der Waals surface area (Å²) in [7, 11) is 0. The van der Waals surface area contributed by atoms with E-state index in [0.717, 1.165) is 0 Å². The van der Waals surface area contributed by atoms with Gasteiger partial charge in [-0.25, -0.2) is 0 Å². The minimum Gasteiger partial charge on any atom is -0.480 e. The van der Waals surface area contributed by atoms with Gasteiger partial charge in [0.25, 0.3) is 5.91 Å². The minimum absolute atomic E-state index is 0.413. The summed E-state index contributed by atoms with van der Waals surface area (Å²) in [5.41, 5.74) is 1.13. The van der Waals surface area contributed by atoms with Crippen molar-refractivity contribution in [2.24, 2.45) is 0 Å². The lowest BCUT2D eigenvalue weighted by Gasteiger charge is -2.10. The van der Waals surface area contributed by atoms with Crippen molar-refractivity contribution in [1.29, 1.82) is 0 Å². The molecule has 0 aliphatic rings. The molecule has 1 heterocycles. The van der Waals surface area contributed by atoms with Crippen LogP contribution in [0.3, 0.4) is 0 Å². The summed E-state index contributed by atoms with van der Waals surface area (Å²) in [4.78, 5) is 26.8. The number of pyridine rings is 1. The number of carbonyl (C=O) groups excluding carboxylic acids is 1. The summed E-state index contributed by atoms with van der Waals surface area (Å²) in [6.45, 7) is 1.42. The second-order valence-electron chi connectivity index (χ2n) is 3.91. The van der Waals surface area contributed by atoms with Crippen molar-refractivity contribution in [2.75, 3.05) is 0 Å². The number of amides is 1. The Labute approximate surface area is 103 Å². The van der Waals surface area contributed by atoms with Crippen molar-refractivity contribution in [3.8, 4) is 0 Å². The highest BCUT2D eigenvalue weighted by molar-refractivity contribution is 6.06. The van der Waals surface area contributed by atoms with Crippen molar-refractivity contribution < 1.29 is 14.7 Å². The molecule has 0 saturated heterocycles. The third-order valence-electron chi connectivity index (χ3n) is 2.61. The number of hydrogen-bond acceptors (Lipinski definition) is 3. The van der Waals surface area contributed by atoms with Gasteiger partial charge in [0.15, 0.2) is 0 Å². The molecule has 1 amide bonds. The Morgan fingerprint density at radius 3 is 2.72 bits per heavy atom. The number of nitrogens with zero attached hydrogens (tertiary/aromatic N) is 1. The van der Waals surface area contributed by atoms with Crippen LogP contribution < -0.4 is 5.32 Å². The quantitative estimate of drug-likeness (QED) is 0.856. The molecule has 1 atom stereocenters. The molecule has 0 fully saturated rings. The molecular weight excluding hydrogens is 232 g/mol. The number of carboxylic acid groups (broad SMARTS) is 1. The van der Waals surface area contributed by atoms with E-state index in [1.54, 1.807) is 24.3 Å². The Hall–Kier alpha value is -2.43. The highest BCUT2D eigenvalue weighted by Crippen LogP contribution is 2.15. The first kappa shape index (κ1) is 12.0. The van der Waals surface area contributed by atoms with Crippen LogP contribution in [0, 0.1) is 0 Å². The zero-order valence-electron chi connectivity index (χ0n) is 9.75. The molecule has 2 N–H and O–H groups in total. The highest BCUT2D eigenvalue weighted by Gasteiger charge is 2.16. The summed E-state index contributed by atoms with van der Waals surface area (Å²) < 4.78 is 0. The molecule has 5 nitrogen and oxygen atoms in total. The van der Waals surface area contributed by atoms with Crippen LogP contribution in [-0.4, -0.2) is 28.0 Å². The molecule has 0 aliphatic heterocycles. The fraction of sp³-hybridized carbons (Fsp3) is 0.154. The molecule has 0 saturated carbocycles. The number of aromatic nitrogens is 1. The average Bonchev–Trinajstić information content (AvgIpc) is 2.37. The molecule has 0 spiro atoms. The van der Waals surface area contributed by atoms with Gasteiger partial charge in [-0.2, -0.15) is 0 Å². The Morgan fingerprint density at radius 1 is 1.28 bits per heavy atom. The fourth-order valence-electron chi connectivity index (χ4n) is 1.63. The van der Waals surface area contributed by atoms with Crippen LogP contribution in [0.5, 0.6) is 0 Å². The fourth-order valence-corrected chi connectivity index (χ4v) is 1.63. The van der Waals surface area contributed by atoms with Gasteiger partial charge >= 0.3 is 5.97 Å². The van der Waals surface area contributed by atoms with E-state index in [-0.39, 0.29) is 0 Å². The third kappa shape index (κ3) is 2.29. The van der Waals surface area contributed by atoms with Crippen molar-refractivity contribution >= 4 is 22.8 Å². The van der Waals surface area contributed by atoms with Crippen molar-refractivity contribution in [2.45, 2.75) is 13.0 Å². The van der Waals surface area contributed by atoms with E-state index >= 15 is 0 Å². The molecule has 0 aliphatic carbocycles. The first-order chi connectivity index (χ1) is 8.59. The summed E-state index contributed by atoms with van der Waals surface area (Å²) in [5.74, 6) is -1.48. The highest BCUT2D eigenvalue weighted by atomic mass is 16.4. The molecule has 1 aromatic heterocycles. The number of para-hydroxylation sites is 1. The Morgan fingerprint density at radius 2 is 2.00 bits per heavy atom. The Bertz CT molecular complexity index is 605. The zero-order chi connectivity index (χ0) is 13.1. The minimum atomic E-state index is -1.07. The van der Waals surface area contributed by atoms with Crippen LogP contribution in [-0.2, 0) is 4.79 Å². The number of carbonyl (C=O) groups is 2. The molecule has 0 radical (unpaired) electrons. The Kier molecular flexibility index (Phi) is 3.23. The lowest BCUT2D eigenvalue weighted by Crippen LogP contribution is -2.38. The second-order valence-corrected chi connectivity index (χ2v) is 3.91. The maximum absolute atomic E-state index is 12.0. The van der Waals surface area contributed by atoms with Gasteiger partial charge in [0.1, 0.15) is 6.04 Å². The zero-order valence-corrected chi connectivity index (χ0v) is 9.75. The molecular formula is C13H12N2O3. The number of benzene rings is 1. The van der Waals surface area contributed by atoms with E-state index in [4.69, 9.17) is 5.11 Å². The maximum atomic E-state index is 12.0. The maximum Gasteiger partial charge on any atom is 0.325 e. The number of carboxylic acids is 1. The summed E-state index contributed by atoms with van der Waals surface area (Å²) in [6.07, 6.45) is 1.53. The van der Waals surface area contributed by atoms with Gasteiger partial charge in [-0.1, -0.05) is 18.2 Å². The predicted octanol–water partition coefficient (Wildman–Crippen LogP) is 1.44. The van der Waals surface area contributed by atoms with Gasteiger partial charge in [0, 0.05) is 11.6 Å². The summed E-state index contributed by atoms with van der Waals surface area (Å²) in [6, 6.07) is 7.87. The Balaban J connectivity index is 2.36. The first-order valence-corrected chi connectivity index (χ1v) is 5.47. The van der Waals surface area contributed by atoms with E-state index < -0.39 is 17.9 Å². The monoisotopic (exact) mass is 244 g/mol. The van der Waals surface area contributed by atoms with E-state index in [1.165, 1.54) is 13.1 Å². The van der Waals surface area contributed by atoms with Crippen LogP contribution in [0.25, 0.3) is 10.9 Å². The van der Waals surface area contributed by atoms with Gasteiger partial charge < -0.3 is 10.4 Å². The lowest BCUT2D eigenvalue weighted by atomic mass is 10.1. The molecule has 1 aromatic carbocycles. The van der Waals surface area contributed by atoms with E-state index in [2.05, 4.69) is 10.3 Å². The lowest BCUT2D eigenvalue weighted by molar-refractivity contribution is -0.138. The number of aliphatic carboxylic acids is 1. The number of hydrogen-bond donors (Lipinski definition) is 2. The molecule has 92 valence electrons. The van der Waals surface area contributed by atoms with Crippen LogP contribution in [0.15, 0.2) is 36.5 Å². The van der Waals surface area contributed by atoms with Crippen LogP contribution in [0.2, 0.25) is 0 Å². The number of fused-ring (bicyclic) bond motifs is 1. The summed E-state index contributed by atoms with van der Waals surface area (Å²) >= 11 is 0. The van der Waals surface area contributed by atoms with Gasteiger partial charge in [-0.05, 0) is 19.1 Å².